The first-order valence-corrected chi connectivity index (χ1v) is 11.8. The summed E-state index contributed by atoms with van der Waals surface area (Å²) >= 11 is 0. The Morgan fingerprint density at radius 3 is 1.97 bits per heavy atom. The molecule has 0 radical (unpaired) electrons. The van der Waals surface area contributed by atoms with E-state index >= 15 is 0 Å². The lowest BCUT2D eigenvalue weighted by Crippen LogP contribution is -2.50. The van der Waals surface area contributed by atoms with Crippen LogP contribution >= 0.6 is 0 Å². The van der Waals surface area contributed by atoms with Crippen molar-refractivity contribution in [3.05, 3.63) is 47.5 Å². The van der Waals surface area contributed by atoms with E-state index in [0.717, 1.165) is 36.4 Å². The van der Waals surface area contributed by atoms with Gasteiger partial charge in [0.2, 0.25) is 0 Å². The number of ether oxygens (including phenoxy) is 4. The molecule has 2 aromatic carbocycles. The molecular formula is C28H40N2O4. The molecule has 6 heteroatoms. The highest BCUT2D eigenvalue weighted by Gasteiger charge is 2.41. The smallest absolute Gasteiger partial charge is 0.161 e. The highest BCUT2D eigenvalue weighted by molar-refractivity contribution is 5.46. The monoisotopic (exact) mass is 468 g/mol. The fourth-order valence-corrected chi connectivity index (χ4v) is 4.72. The van der Waals surface area contributed by atoms with Crippen molar-refractivity contribution in [2.75, 3.05) is 42.0 Å². The molecule has 0 fully saturated rings. The number of likely N-dealkylation sites (N-methyl/N-ethyl adjacent to an activating group) is 1. The molecule has 0 saturated heterocycles. The third kappa shape index (κ3) is 5.95. The van der Waals surface area contributed by atoms with E-state index in [-0.39, 0.29) is 11.5 Å². The van der Waals surface area contributed by atoms with Crippen LogP contribution in [0.15, 0.2) is 36.4 Å². The van der Waals surface area contributed by atoms with E-state index in [1.807, 2.05) is 18.2 Å². The molecule has 2 unspecified atom stereocenters. The molecule has 0 aromatic heterocycles. The standard InChI is InChI=1S/C28H40N2O4/c1-20(2)28(3,22-12-14-24(32-6)26(19-22)34-8)27(15-16-29)30(4)17-9-10-21-11-13-23(31-5)25(18-21)33-7/h11-14,18-20,27H,9-10,15,17H2,1-8H3. The van der Waals surface area contributed by atoms with Crippen LogP contribution < -0.4 is 18.9 Å². The minimum Gasteiger partial charge on any atom is -0.493 e. The number of aryl methyl sites for hydroxylation is 1. The van der Waals surface area contributed by atoms with Gasteiger partial charge in [0.15, 0.2) is 23.0 Å². The van der Waals surface area contributed by atoms with E-state index in [1.54, 1.807) is 28.4 Å². The summed E-state index contributed by atoms with van der Waals surface area (Å²) in [6.07, 6.45) is 2.32. The summed E-state index contributed by atoms with van der Waals surface area (Å²) in [7, 11) is 8.72. The fraction of sp³-hybridized carbons (Fsp3) is 0.536. The number of nitrogens with zero attached hydrogens (tertiary/aromatic N) is 2. The zero-order chi connectivity index (χ0) is 25.3. The van der Waals surface area contributed by atoms with Crippen LogP contribution in [0.5, 0.6) is 23.0 Å². The molecule has 0 heterocycles. The van der Waals surface area contributed by atoms with E-state index < -0.39 is 0 Å². The van der Waals surface area contributed by atoms with Crippen molar-refractivity contribution < 1.29 is 18.9 Å². The number of hydrogen-bond donors (Lipinski definition) is 0. The lowest BCUT2D eigenvalue weighted by Gasteiger charge is -2.45. The van der Waals surface area contributed by atoms with Crippen LogP contribution in [-0.2, 0) is 11.8 Å². The van der Waals surface area contributed by atoms with Gasteiger partial charge in [-0.2, -0.15) is 5.26 Å². The maximum absolute atomic E-state index is 9.72. The first kappa shape index (κ1) is 27.3. The Balaban J connectivity index is 2.25. The van der Waals surface area contributed by atoms with Crippen LogP contribution in [0.2, 0.25) is 0 Å². The number of methoxy groups -OCH3 is 4. The van der Waals surface area contributed by atoms with Gasteiger partial charge >= 0.3 is 0 Å². The van der Waals surface area contributed by atoms with Crippen LogP contribution in [0.4, 0.5) is 0 Å². The van der Waals surface area contributed by atoms with E-state index in [9.17, 15) is 5.26 Å². The third-order valence-electron chi connectivity index (χ3n) is 7.14. The van der Waals surface area contributed by atoms with Gasteiger partial charge in [-0.05, 0) is 67.7 Å². The van der Waals surface area contributed by atoms with Gasteiger partial charge in [0.1, 0.15) is 0 Å². The molecular weight excluding hydrogens is 428 g/mol. The molecule has 0 amide bonds. The molecule has 186 valence electrons. The molecule has 2 aromatic rings. The Bertz CT molecular complexity index is 969. The van der Waals surface area contributed by atoms with Gasteiger partial charge in [-0.25, -0.2) is 0 Å². The zero-order valence-electron chi connectivity index (χ0n) is 22.0. The van der Waals surface area contributed by atoms with Crippen LogP contribution in [0.1, 0.15) is 44.7 Å². The van der Waals surface area contributed by atoms with Crippen LogP contribution in [0.25, 0.3) is 0 Å². The summed E-state index contributed by atoms with van der Waals surface area (Å²) in [4.78, 5) is 2.33. The normalized spacial score (nSPS) is 13.8. The highest BCUT2D eigenvalue weighted by Crippen LogP contribution is 2.42. The van der Waals surface area contributed by atoms with Gasteiger partial charge in [0.25, 0.3) is 0 Å². The Morgan fingerprint density at radius 2 is 1.44 bits per heavy atom. The lowest BCUT2D eigenvalue weighted by molar-refractivity contribution is 0.120. The summed E-state index contributed by atoms with van der Waals surface area (Å²) in [6.45, 7) is 7.57. The molecule has 2 rings (SSSR count). The maximum atomic E-state index is 9.72. The van der Waals surface area contributed by atoms with Crippen molar-refractivity contribution >= 4 is 0 Å². The van der Waals surface area contributed by atoms with Crippen molar-refractivity contribution in [1.82, 2.24) is 4.90 Å². The lowest BCUT2D eigenvalue weighted by atomic mass is 9.66. The Hall–Kier alpha value is -2.91. The average Bonchev–Trinajstić information content (AvgIpc) is 2.85. The number of benzene rings is 2. The van der Waals surface area contributed by atoms with Crippen LogP contribution in [0, 0.1) is 17.2 Å². The van der Waals surface area contributed by atoms with E-state index in [0.29, 0.717) is 23.8 Å². The molecule has 0 spiro atoms. The van der Waals surface area contributed by atoms with Crippen molar-refractivity contribution in [2.45, 2.75) is 51.5 Å². The second-order valence-electron chi connectivity index (χ2n) is 9.16. The summed E-state index contributed by atoms with van der Waals surface area (Å²) in [5.74, 6) is 3.20. The topological polar surface area (TPSA) is 64.0 Å². The second kappa shape index (κ2) is 12.5. The van der Waals surface area contributed by atoms with Gasteiger partial charge in [-0.3, -0.25) is 0 Å². The van der Waals surface area contributed by atoms with Gasteiger partial charge in [-0.15, -0.1) is 0 Å². The summed E-state index contributed by atoms with van der Waals surface area (Å²) in [5, 5.41) is 9.72. The summed E-state index contributed by atoms with van der Waals surface area (Å²) < 4.78 is 21.8. The predicted octanol–water partition coefficient (Wildman–Crippen LogP) is 5.48. The Morgan fingerprint density at radius 1 is 0.882 bits per heavy atom. The van der Waals surface area contributed by atoms with Crippen LogP contribution in [0.3, 0.4) is 0 Å². The minimum absolute atomic E-state index is 0.0426. The van der Waals surface area contributed by atoms with Gasteiger partial charge < -0.3 is 23.8 Å². The zero-order valence-corrected chi connectivity index (χ0v) is 22.0. The molecule has 0 saturated carbocycles. The van der Waals surface area contributed by atoms with Crippen molar-refractivity contribution in [3.8, 4) is 29.1 Å². The highest BCUT2D eigenvalue weighted by atomic mass is 16.5. The molecule has 34 heavy (non-hydrogen) atoms. The SMILES string of the molecule is COc1ccc(CCCN(C)C(CC#N)C(C)(c2ccc(OC)c(OC)c2)C(C)C)cc1OC. The second-order valence-corrected chi connectivity index (χ2v) is 9.16. The molecule has 0 aliphatic carbocycles. The fourth-order valence-electron chi connectivity index (χ4n) is 4.72. The number of rotatable bonds is 13. The third-order valence-corrected chi connectivity index (χ3v) is 7.14. The van der Waals surface area contributed by atoms with Gasteiger partial charge in [-0.1, -0.05) is 32.9 Å². The van der Waals surface area contributed by atoms with Crippen molar-refractivity contribution in [1.29, 1.82) is 5.26 Å². The number of hydrogen-bond acceptors (Lipinski definition) is 6. The Kier molecular flexibility index (Phi) is 10.1. The average molecular weight is 469 g/mol. The molecule has 0 aliphatic heterocycles. The van der Waals surface area contributed by atoms with E-state index in [1.165, 1.54) is 5.56 Å². The maximum Gasteiger partial charge on any atom is 0.161 e. The van der Waals surface area contributed by atoms with E-state index in [2.05, 4.69) is 57.0 Å². The van der Waals surface area contributed by atoms with Crippen molar-refractivity contribution in [2.24, 2.45) is 5.92 Å². The van der Waals surface area contributed by atoms with E-state index in [4.69, 9.17) is 18.9 Å². The number of nitriles is 1. The first-order valence-electron chi connectivity index (χ1n) is 11.8. The first-order chi connectivity index (χ1) is 16.3. The van der Waals surface area contributed by atoms with Gasteiger partial charge in [0, 0.05) is 11.5 Å². The van der Waals surface area contributed by atoms with Crippen LogP contribution in [-0.4, -0.2) is 53.0 Å². The van der Waals surface area contributed by atoms with Crippen molar-refractivity contribution in [3.63, 3.8) is 0 Å². The predicted molar refractivity (Wildman–Crippen MR) is 136 cm³/mol. The summed E-state index contributed by atoms with van der Waals surface area (Å²) in [5.41, 5.74) is 2.09. The Labute approximate surface area is 205 Å². The summed E-state index contributed by atoms with van der Waals surface area (Å²) in [6, 6.07) is 14.7. The minimum atomic E-state index is -0.257. The molecule has 0 N–H and O–H groups in total. The quantitative estimate of drug-likeness (QED) is 0.388. The largest absolute Gasteiger partial charge is 0.493 e. The molecule has 2 atom stereocenters. The molecule has 0 aliphatic rings. The molecule has 0 bridgehead atoms. The molecule has 6 nitrogen and oxygen atoms in total. The van der Waals surface area contributed by atoms with Gasteiger partial charge in [0.05, 0.1) is 40.9 Å².